The fourth-order valence-corrected chi connectivity index (χ4v) is 3.84. The molecule has 7 heteroatoms. The lowest BCUT2D eigenvalue weighted by Gasteiger charge is -2.37. The van der Waals surface area contributed by atoms with E-state index in [4.69, 9.17) is 25.8 Å². The van der Waals surface area contributed by atoms with Gasteiger partial charge in [-0.1, -0.05) is 35.8 Å². The molecule has 2 aromatic rings. The van der Waals surface area contributed by atoms with Crippen molar-refractivity contribution in [2.75, 3.05) is 21.3 Å². The molecule has 0 spiro atoms. The Morgan fingerprint density at radius 1 is 1.00 bits per heavy atom. The number of benzene rings is 2. The van der Waals surface area contributed by atoms with Crippen LogP contribution in [0.5, 0.6) is 17.2 Å². The topological polar surface area (TPSA) is 72.3 Å². The number of hydrogen-bond donors (Lipinski definition) is 2. The molecule has 1 heterocycles. The van der Waals surface area contributed by atoms with E-state index < -0.39 is 0 Å². The van der Waals surface area contributed by atoms with E-state index in [1.54, 1.807) is 21.3 Å². The van der Waals surface area contributed by atoms with Gasteiger partial charge in [-0.2, -0.15) is 0 Å². The van der Waals surface area contributed by atoms with Gasteiger partial charge in [-0.15, -0.1) is 0 Å². The molecule has 0 aliphatic carbocycles. The van der Waals surface area contributed by atoms with Crippen LogP contribution in [0.4, 0.5) is 0 Å². The first-order valence-electron chi connectivity index (χ1n) is 9.04. The van der Waals surface area contributed by atoms with Crippen molar-refractivity contribution < 1.29 is 19.4 Å². The van der Waals surface area contributed by atoms with E-state index in [1.807, 2.05) is 43.3 Å². The van der Waals surface area contributed by atoms with Gasteiger partial charge in [0.2, 0.25) is 5.75 Å². The first-order valence-corrected chi connectivity index (χ1v) is 9.42. The van der Waals surface area contributed by atoms with E-state index in [0.29, 0.717) is 28.7 Å². The highest BCUT2D eigenvalue weighted by molar-refractivity contribution is 6.30. The summed E-state index contributed by atoms with van der Waals surface area (Å²) in [6.07, 6.45) is 0.611. The first-order chi connectivity index (χ1) is 13.5. The molecule has 0 aromatic heterocycles. The predicted octanol–water partition coefficient (Wildman–Crippen LogP) is 4.61. The number of methoxy groups -OCH3 is 3. The van der Waals surface area contributed by atoms with Crippen molar-refractivity contribution >= 4 is 17.3 Å². The molecule has 1 aliphatic rings. The number of nitrogens with zero attached hydrogens (tertiary/aromatic N) is 1. The third-order valence-electron chi connectivity index (χ3n) is 5.27. The molecule has 150 valence electrons. The molecule has 3 unspecified atom stereocenters. The molecule has 0 bridgehead atoms. The molecular formula is C21H25ClN2O4. The van der Waals surface area contributed by atoms with Crippen molar-refractivity contribution in [1.29, 1.82) is 0 Å². The molecule has 2 N–H and O–H groups in total. The fourth-order valence-electron chi connectivity index (χ4n) is 3.71. The molecule has 3 atom stereocenters. The highest BCUT2D eigenvalue weighted by Gasteiger charge is 2.35. The Morgan fingerprint density at radius 3 is 2.11 bits per heavy atom. The third kappa shape index (κ3) is 3.88. The van der Waals surface area contributed by atoms with Crippen molar-refractivity contribution in [3.63, 3.8) is 0 Å². The highest BCUT2D eigenvalue weighted by atomic mass is 35.5. The van der Waals surface area contributed by atoms with Crippen molar-refractivity contribution in [3.8, 4) is 17.2 Å². The highest BCUT2D eigenvalue weighted by Crippen LogP contribution is 2.43. The fraction of sp³-hybridized carbons (Fsp3) is 0.381. The number of nitrogens with one attached hydrogen (secondary N) is 1. The van der Waals surface area contributed by atoms with Crippen molar-refractivity contribution in [2.45, 2.75) is 25.4 Å². The van der Waals surface area contributed by atoms with Crippen LogP contribution >= 0.6 is 11.6 Å². The SMILES string of the molecule is COc1cc(C2NC(c3ccc(Cl)cc3)C/C(=N\O)C2C)cc(OC)c1OC. The van der Waals surface area contributed by atoms with E-state index >= 15 is 0 Å². The molecule has 2 aromatic carbocycles. The second-order valence-electron chi connectivity index (χ2n) is 6.79. The predicted molar refractivity (Wildman–Crippen MR) is 109 cm³/mol. The van der Waals surface area contributed by atoms with Crippen LogP contribution in [0, 0.1) is 5.92 Å². The standard InChI is InChI=1S/C21H25ClN2O4/c1-12-16(24-25)11-17(13-5-7-15(22)8-6-13)23-20(12)14-9-18(26-2)21(28-4)19(10-14)27-3/h5-10,12,17,20,23,25H,11H2,1-4H3/b24-16+. The largest absolute Gasteiger partial charge is 0.493 e. The number of ether oxygens (including phenoxy) is 3. The molecule has 1 fully saturated rings. The Bertz CT molecular complexity index is 829. The summed E-state index contributed by atoms with van der Waals surface area (Å²) in [5, 5.41) is 17.5. The molecule has 1 saturated heterocycles. The molecule has 0 amide bonds. The maximum absolute atomic E-state index is 9.59. The average Bonchev–Trinajstić information content (AvgIpc) is 2.73. The van der Waals surface area contributed by atoms with Crippen molar-refractivity contribution in [3.05, 3.63) is 52.5 Å². The second kappa shape index (κ2) is 8.71. The summed E-state index contributed by atoms with van der Waals surface area (Å²) in [7, 11) is 4.76. The zero-order valence-electron chi connectivity index (χ0n) is 16.4. The van der Waals surface area contributed by atoms with Gasteiger partial charge in [-0.05, 0) is 35.4 Å². The van der Waals surface area contributed by atoms with Crippen LogP contribution < -0.4 is 19.5 Å². The minimum Gasteiger partial charge on any atom is -0.493 e. The van der Waals surface area contributed by atoms with Gasteiger partial charge in [0.05, 0.1) is 27.0 Å². The average molecular weight is 405 g/mol. The Hall–Kier alpha value is -2.44. The lowest BCUT2D eigenvalue weighted by Crippen LogP contribution is -2.41. The summed E-state index contributed by atoms with van der Waals surface area (Å²) in [5.74, 6) is 1.70. The molecule has 1 aliphatic heterocycles. The molecule has 28 heavy (non-hydrogen) atoms. The van der Waals surface area contributed by atoms with E-state index in [1.165, 1.54) is 0 Å². The summed E-state index contributed by atoms with van der Waals surface area (Å²) in [5.41, 5.74) is 2.77. The minimum absolute atomic E-state index is 0.0107. The Balaban J connectivity index is 2.02. The minimum atomic E-state index is -0.103. The third-order valence-corrected chi connectivity index (χ3v) is 5.52. The number of piperidine rings is 1. The van der Waals surface area contributed by atoms with Crippen LogP contribution in [-0.2, 0) is 0 Å². The van der Waals surface area contributed by atoms with Crippen LogP contribution in [0.2, 0.25) is 5.02 Å². The normalized spacial score (nSPS) is 23.5. The van der Waals surface area contributed by atoms with Gasteiger partial charge < -0.3 is 24.7 Å². The van der Waals surface area contributed by atoms with Gasteiger partial charge in [0.1, 0.15) is 0 Å². The second-order valence-corrected chi connectivity index (χ2v) is 7.23. The van der Waals surface area contributed by atoms with Gasteiger partial charge >= 0.3 is 0 Å². The van der Waals surface area contributed by atoms with Gasteiger partial charge in [0.25, 0.3) is 0 Å². The van der Waals surface area contributed by atoms with Crippen LogP contribution in [0.1, 0.15) is 36.6 Å². The van der Waals surface area contributed by atoms with Crippen LogP contribution in [0.3, 0.4) is 0 Å². The molecular weight excluding hydrogens is 380 g/mol. The van der Waals surface area contributed by atoms with Gasteiger partial charge in [0, 0.05) is 29.4 Å². The lowest BCUT2D eigenvalue weighted by molar-refractivity contribution is 0.292. The summed E-state index contributed by atoms with van der Waals surface area (Å²) < 4.78 is 16.4. The summed E-state index contributed by atoms with van der Waals surface area (Å²) in [4.78, 5) is 0. The van der Waals surface area contributed by atoms with E-state index in [-0.39, 0.29) is 18.0 Å². The maximum atomic E-state index is 9.59. The number of hydrogen-bond acceptors (Lipinski definition) is 6. The van der Waals surface area contributed by atoms with E-state index in [9.17, 15) is 5.21 Å². The Morgan fingerprint density at radius 2 is 1.61 bits per heavy atom. The zero-order valence-corrected chi connectivity index (χ0v) is 17.2. The van der Waals surface area contributed by atoms with Crippen LogP contribution in [0.15, 0.2) is 41.6 Å². The van der Waals surface area contributed by atoms with E-state index in [0.717, 1.165) is 16.8 Å². The maximum Gasteiger partial charge on any atom is 0.203 e. The lowest BCUT2D eigenvalue weighted by atomic mass is 9.81. The van der Waals surface area contributed by atoms with Gasteiger partial charge in [0.15, 0.2) is 11.5 Å². The first kappa shape index (κ1) is 20.3. The number of rotatable bonds is 5. The smallest absolute Gasteiger partial charge is 0.203 e. The quantitative estimate of drug-likeness (QED) is 0.562. The molecule has 0 radical (unpaired) electrons. The molecule has 6 nitrogen and oxygen atoms in total. The van der Waals surface area contributed by atoms with Crippen molar-refractivity contribution in [1.82, 2.24) is 5.32 Å². The van der Waals surface area contributed by atoms with Gasteiger partial charge in [-0.3, -0.25) is 0 Å². The zero-order chi connectivity index (χ0) is 20.3. The Kier molecular flexibility index (Phi) is 6.31. The summed E-state index contributed by atoms with van der Waals surface area (Å²) in [6.45, 7) is 2.04. The van der Waals surface area contributed by atoms with Crippen LogP contribution in [0.25, 0.3) is 0 Å². The Labute approximate surface area is 170 Å². The molecule has 0 saturated carbocycles. The number of halogens is 1. The molecule has 3 rings (SSSR count). The van der Waals surface area contributed by atoms with Crippen LogP contribution in [-0.4, -0.2) is 32.2 Å². The van der Waals surface area contributed by atoms with E-state index in [2.05, 4.69) is 10.5 Å². The summed E-state index contributed by atoms with van der Waals surface area (Å²) in [6, 6.07) is 11.4. The monoisotopic (exact) mass is 404 g/mol. The van der Waals surface area contributed by atoms with Crippen molar-refractivity contribution in [2.24, 2.45) is 11.1 Å². The van der Waals surface area contributed by atoms with Gasteiger partial charge in [-0.25, -0.2) is 0 Å². The number of oxime groups is 1. The summed E-state index contributed by atoms with van der Waals surface area (Å²) >= 11 is 6.03.